The summed E-state index contributed by atoms with van der Waals surface area (Å²) >= 11 is 0. The van der Waals surface area contributed by atoms with E-state index in [1.165, 1.54) is 12.4 Å². The molecule has 10 heteroatoms. The van der Waals surface area contributed by atoms with Crippen LogP contribution in [0.1, 0.15) is 99.6 Å². The summed E-state index contributed by atoms with van der Waals surface area (Å²) in [7, 11) is 0. The average Bonchev–Trinajstić information content (AvgIpc) is 2.98. The van der Waals surface area contributed by atoms with Gasteiger partial charge in [0.2, 0.25) is 0 Å². The number of aliphatic hydroxyl groups excluding tert-OH is 2. The lowest BCUT2D eigenvalue weighted by Gasteiger charge is -2.23. The summed E-state index contributed by atoms with van der Waals surface area (Å²) in [6, 6.07) is 3.51. The standard InChI is InChI=1S/C36H44N2O8/c1-9-23(39)37-13-21-29-19(25(15(3)4)35(45)31(21)41)11-17(7)27(33(29)43)28-18(8)12-20-26(16(5)6)36(46)32(42)22(30(20)34(28)44)14-38-24(40)10-2/h11-16,23-24,39-46H,9-10H2,1-8H3/t23-,24-/m0/s1. The largest absolute Gasteiger partial charge is 0.507 e. The van der Waals surface area contributed by atoms with Gasteiger partial charge in [0.05, 0.1) is 0 Å². The van der Waals surface area contributed by atoms with Gasteiger partial charge in [-0.05, 0) is 60.4 Å². The number of aromatic hydroxyl groups is 6. The Hall–Kier alpha value is -4.54. The lowest BCUT2D eigenvalue weighted by Crippen LogP contribution is -2.03. The Kier molecular flexibility index (Phi) is 9.75. The molecule has 10 nitrogen and oxygen atoms in total. The molecule has 0 aromatic heterocycles. The molecule has 8 N–H and O–H groups in total. The number of fused-ring (bicyclic) bond motifs is 2. The molecule has 0 spiro atoms. The summed E-state index contributed by atoms with van der Waals surface area (Å²) in [5, 5.41) is 90.0. The first-order valence-electron chi connectivity index (χ1n) is 15.5. The Labute approximate surface area is 268 Å². The first-order valence-corrected chi connectivity index (χ1v) is 15.5. The second-order valence-corrected chi connectivity index (χ2v) is 12.4. The third-order valence-corrected chi connectivity index (χ3v) is 8.47. The fourth-order valence-corrected chi connectivity index (χ4v) is 6.16. The van der Waals surface area contributed by atoms with Crippen LogP contribution in [0.5, 0.6) is 34.5 Å². The van der Waals surface area contributed by atoms with Crippen LogP contribution in [0.15, 0.2) is 22.1 Å². The molecule has 46 heavy (non-hydrogen) atoms. The number of aryl methyl sites for hydroxylation is 2. The molecular weight excluding hydrogens is 588 g/mol. The van der Waals surface area contributed by atoms with E-state index in [0.29, 0.717) is 45.9 Å². The minimum Gasteiger partial charge on any atom is -0.507 e. The Morgan fingerprint density at radius 2 is 0.891 bits per heavy atom. The Morgan fingerprint density at radius 1 is 0.565 bits per heavy atom. The van der Waals surface area contributed by atoms with Crippen LogP contribution in [-0.4, -0.2) is 65.7 Å². The van der Waals surface area contributed by atoms with E-state index in [2.05, 4.69) is 9.98 Å². The molecule has 0 bridgehead atoms. The number of rotatable bonds is 9. The van der Waals surface area contributed by atoms with Crippen molar-refractivity contribution in [3.8, 4) is 45.6 Å². The maximum Gasteiger partial charge on any atom is 0.167 e. The van der Waals surface area contributed by atoms with Crippen molar-refractivity contribution in [2.45, 2.75) is 92.5 Å². The highest BCUT2D eigenvalue weighted by Gasteiger charge is 2.29. The van der Waals surface area contributed by atoms with Crippen LogP contribution in [0.4, 0.5) is 0 Å². The van der Waals surface area contributed by atoms with Crippen molar-refractivity contribution in [3.05, 3.63) is 45.5 Å². The van der Waals surface area contributed by atoms with Crippen molar-refractivity contribution in [1.29, 1.82) is 0 Å². The zero-order chi connectivity index (χ0) is 34.4. The second kappa shape index (κ2) is 13.1. The van der Waals surface area contributed by atoms with Crippen LogP contribution < -0.4 is 0 Å². The van der Waals surface area contributed by atoms with E-state index in [0.717, 1.165) is 0 Å². The molecule has 0 aliphatic heterocycles. The molecule has 0 amide bonds. The van der Waals surface area contributed by atoms with Crippen LogP contribution in [0, 0.1) is 13.8 Å². The quantitative estimate of drug-likeness (QED) is 0.0712. The van der Waals surface area contributed by atoms with Crippen molar-refractivity contribution in [2.75, 3.05) is 0 Å². The van der Waals surface area contributed by atoms with Crippen LogP contribution in [0.3, 0.4) is 0 Å². The maximum atomic E-state index is 12.1. The van der Waals surface area contributed by atoms with Gasteiger partial charge in [0.15, 0.2) is 23.0 Å². The van der Waals surface area contributed by atoms with Gasteiger partial charge in [-0.25, -0.2) is 0 Å². The SMILES string of the molecule is CC[C@H](O)N=Cc1c(O)c(O)c(C(C)C)c2cc(C)c(-c3c(C)cc4c(C(C)C)c(O)c(O)c(C=N[C@@H](O)CC)c4c3O)c(O)c12. The second-order valence-electron chi connectivity index (χ2n) is 12.4. The first-order chi connectivity index (χ1) is 21.6. The van der Waals surface area contributed by atoms with E-state index in [9.17, 15) is 40.9 Å². The number of phenols is 6. The van der Waals surface area contributed by atoms with Gasteiger partial charge in [-0.1, -0.05) is 53.7 Å². The third-order valence-electron chi connectivity index (χ3n) is 8.47. The van der Waals surface area contributed by atoms with Crippen LogP contribution in [0.25, 0.3) is 32.7 Å². The molecule has 4 rings (SSSR count). The monoisotopic (exact) mass is 632 g/mol. The predicted octanol–water partition coefficient (Wildman–Crippen LogP) is 7.05. The molecule has 0 unspecified atom stereocenters. The normalized spacial score (nSPS) is 13.7. The van der Waals surface area contributed by atoms with Crippen molar-refractivity contribution in [2.24, 2.45) is 9.98 Å². The highest BCUT2D eigenvalue weighted by molar-refractivity contribution is 6.15. The average molecular weight is 633 g/mol. The molecule has 4 aromatic carbocycles. The molecular formula is C36H44N2O8. The highest BCUT2D eigenvalue weighted by atomic mass is 16.3. The van der Waals surface area contributed by atoms with Gasteiger partial charge in [0, 0.05) is 56.6 Å². The number of aliphatic hydroxyl groups is 2. The number of phenolic OH excluding ortho intramolecular Hbond substituents is 6. The number of hydrogen-bond acceptors (Lipinski definition) is 10. The van der Waals surface area contributed by atoms with Crippen molar-refractivity contribution in [3.63, 3.8) is 0 Å². The maximum absolute atomic E-state index is 12.1. The Morgan fingerprint density at radius 3 is 1.17 bits per heavy atom. The van der Waals surface area contributed by atoms with Crippen LogP contribution in [-0.2, 0) is 0 Å². The van der Waals surface area contributed by atoms with Gasteiger partial charge in [-0.3, -0.25) is 9.98 Å². The molecule has 0 radical (unpaired) electrons. The van der Waals surface area contributed by atoms with E-state index in [-0.39, 0.29) is 67.9 Å². The van der Waals surface area contributed by atoms with Crippen molar-refractivity contribution < 1.29 is 40.9 Å². The molecule has 0 aliphatic rings. The first kappa shape index (κ1) is 34.3. The van der Waals surface area contributed by atoms with Gasteiger partial charge < -0.3 is 40.9 Å². The van der Waals surface area contributed by atoms with Gasteiger partial charge in [-0.2, -0.15) is 0 Å². The van der Waals surface area contributed by atoms with E-state index in [1.54, 1.807) is 39.8 Å². The van der Waals surface area contributed by atoms with E-state index in [1.807, 2.05) is 27.7 Å². The Balaban J connectivity index is 2.25. The highest BCUT2D eigenvalue weighted by Crippen LogP contribution is 2.54. The molecule has 0 aliphatic carbocycles. The number of hydrogen-bond donors (Lipinski definition) is 8. The van der Waals surface area contributed by atoms with Crippen molar-refractivity contribution in [1.82, 2.24) is 0 Å². The summed E-state index contributed by atoms with van der Waals surface area (Å²) in [5.74, 6) is -2.87. The fourth-order valence-electron chi connectivity index (χ4n) is 6.16. The van der Waals surface area contributed by atoms with E-state index in [4.69, 9.17) is 0 Å². The van der Waals surface area contributed by atoms with Crippen molar-refractivity contribution >= 4 is 34.0 Å². The minimum atomic E-state index is -1.08. The molecule has 0 saturated carbocycles. The van der Waals surface area contributed by atoms with E-state index >= 15 is 0 Å². The molecule has 2 atom stereocenters. The lowest BCUT2D eigenvalue weighted by atomic mass is 9.83. The topological polar surface area (TPSA) is 187 Å². The zero-order valence-corrected chi connectivity index (χ0v) is 27.5. The summed E-state index contributed by atoms with van der Waals surface area (Å²) in [6.07, 6.45) is 0.869. The number of aliphatic imine (C=N–C) groups is 2. The molecule has 0 fully saturated rings. The molecule has 246 valence electrons. The van der Waals surface area contributed by atoms with E-state index < -0.39 is 24.0 Å². The molecule has 0 saturated heterocycles. The predicted molar refractivity (Wildman–Crippen MR) is 182 cm³/mol. The number of nitrogens with zero attached hydrogens (tertiary/aromatic N) is 2. The van der Waals surface area contributed by atoms with Gasteiger partial charge >= 0.3 is 0 Å². The summed E-state index contributed by atoms with van der Waals surface area (Å²) < 4.78 is 0. The fraction of sp³-hybridized carbons (Fsp3) is 0.389. The number of benzene rings is 4. The Bertz CT molecular complexity index is 1760. The van der Waals surface area contributed by atoms with Gasteiger partial charge in [0.25, 0.3) is 0 Å². The zero-order valence-electron chi connectivity index (χ0n) is 27.5. The summed E-state index contributed by atoms with van der Waals surface area (Å²) in [4.78, 5) is 8.18. The lowest BCUT2D eigenvalue weighted by molar-refractivity contribution is 0.181. The smallest absolute Gasteiger partial charge is 0.167 e. The molecule has 0 heterocycles. The molecule has 4 aromatic rings. The third kappa shape index (κ3) is 5.67. The van der Waals surface area contributed by atoms with Gasteiger partial charge in [-0.15, -0.1) is 0 Å². The minimum absolute atomic E-state index is 0.00730. The van der Waals surface area contributed by atoms with Crippen LogP contribution in [0.2, 0.25) is 0 Å². The summed E-state index contributed by atoms with van der Waals surface area (Å²) in [6.45, 7) is 14.3. The van der Waals surface area contributed by atoms with Gasteiger partial charge in [0.1, 0.15) is 24.0 Å². The van der Waals surface area contributed by atoms with Crippen LogP contribution >= 0.6 is 0 Å². The summed E-state index contributed by atoms with van der Waals surface area (Å²) in [5.41, 5.74) is 2.32.